The molecule has 0 spiro atoms. The molecular formula is C9H15NO. The molecule has 1 atom stereocenters. The highest BCUT2D eigenvalue weighted by Crippen LogP contribution is 2.21. The van der Waals surface area contributed by atoms with Gasteiger partial charge in [0.05, 0.1) is 5.71 Å². The predicted octanol–water partition coefficient (Wildman–Crippen LogP) is 2.37. The fourth-order valence-electron chi connectivity index (χ4n) is 1.56. The Morgan fingerprint density at radius 2 is 2.27 bits per heavy atom. The van der Waals surface area contributed by atoms with Gasteiger partial charge in [-0.1, -0.05) is 17.7 Å². The molecule has 0 fully saturated rings. The lowest BCUT2D eigenvalue weighted by Crippen LogP contribution is -2.10. The first-order valence-corrected chi connectivity index (χ1v) is 3.99. The van der Waals surface area contributed by atoms with Crippen molar-refractivity contribution in [2.75, 3.05) is 7.11 Å². The number of rotatable bonds is 1. The van der Waals surface area contributed by atoms with Crippen molar-refractivity contribution in [2.45, 2.75) is 26.7 Å². The lowest BCUT2D eigenvalue weighted by molar-refractivity contribution is 0.212. The number of oxime groups is 1. The van der Waals surface area contributed by atoms with E-state index in [2.05, 4.69) is 25.1 Å². The second-order valence-corrected chi connectivity index (χ2v) is 3.27. The van der Waals surface area contributed by atoms with Gasteiger partial charge in [-0.2, -0.15) is 0 Å². The molecule has 11 heavy (non-hydrogen) atoms. The summed E-state index contributed by atoms with van der Waals surface area (Å²) in [6.45, 7) is 4.38. The fraction of sp³-hybridized carbons (Fsp3) is 0.667. The van der Waals surface area contributed by atoms with E-state index in [4.69, 9.17) is 4.84 Å². The first-order valence-electron chi connectivity index (χ1n) is 3.99. The van der Waals surface area contributed by atoms with Gasteiger partial charge in [-0.05, 0) is 31.8 Å². The van der Waals surface area contributed by atoms with Crippen molar-refractivity contribution in [1.29, 1.82) is 0 Å². The second-order valence-electron chi connectivity index (χ2n) is 3.27. The van der Waals surface area contributed by atoms with Crippen molar-refractivity contribution in [3.8, 4) is 0 Å². The van der Waals surface area contributed by atoms with Gasteiger partial charge in [-0.25, -0.2) is 0 Å². The van der Waals surface area contributed by atoms with Gasteiger partial charge in [-0.15, -0.1) is 0 Å². The Bertz CT molecular complexity index is 194. The highest BCUT2D eigenvalue weighted by Gasteiger charge is 2.12. The topological polar surface area (TPSA) is 21.6 Å². The van der Waals surface area contributed by atoms with Crippen molar-refractivity contribution in [3.63, 3.8) is 0 Å². The van der Waals surface area contributed by atoms with Crippen molar-refractivity contribution in [1.82, 2.24) is 0 Å². The summed E-state index contributed by atoms with van der Waals surface area (Å²) in [7, 11) is 1.59. The van der Waals surface area contributed by atoms with Crippen LogP contribution >= 0.6 is 0 Å². The number of hydrogen-bond donors (Lipinski definition) is 0. The zero-order valence-electron chi connectivity index (χ0n) is 7.42. The summed E-state index contributed by atoms with van der Waals surface area (Å²) in [6.07, 6.45) is 4.36. The summed E-state index contributed by atoms with van der Waals surface area (Å²) in [5, 5.41) is 3.92. The molecule has 1 rings (SSSR count). The molecule has 0 saturated heterocycles. The molecule has 1 aliphatic carbocycles. The van der Waals surface area contributed by atoms with E-state index in [1.807, 2.05) is 0 Å². The molecule has 0 aromatic heterocycles. The van der Waals surface area contributed by atoms with Crippen molar-refractivity contribution in [2.24, 2.45) is 11.1 Å². The Hall–Kier alpha value is -0.790. The Labute approximate surface area is 67.9 Å². The monoisotopic (exact) mass is 153 g/mol. The largest absolute Gasteiger partial charge is 0.399 e. The van der Waals surface area contributed by atoms with Crippen LogP contribution in [-0.4, -0.2) is 12.8 Å². The van der Waals surface area contributed by atoms with Gasteiger partial charge in [0.2, 0.25) is 0 Å². The molecule has 0 saturated carbocycles. The highest BCUT2D eigenvalue weighted by molar-refractivity contribution is 5.96. The summed E-state index contributed by atoms with van der Waals surface area (Å²) in [4.78, 5) is 4.72. The average Bonchev–Trinajstić information content (AvgIpc) is 1.85. The van der Waals surface area contributed by atoms with Gasteiger partial charge < -0.3 is 4.84 Å². The molecule has 0 aromatic rings. The van der Waals surface area contributed by atoms with Gasteiger partial charge in [0.15, 0.2) is 0 Å². The van der Waals surface area contributed by atoms with Crippen LogP contribution in [0.15, 0.2) is 16.8 Å². The minimum atomic E-state index is 0.717. The molecule has 2 heteroatoms. The minimum absolute atomic E-state index is 0.717. The molecule has 0 radical (unpaired) electrons. The second kappa shape index (κ2) is 3.56. The summed E-state index contributed by atoms with van der Waals surface area (Å²) >= 11 is 0. The number of allylic oxidation sites excluding steroid dienone is 2. The Morgan fingerprint density at radius 1 is 1.55 bits per heavy atom. The summed E-state index contributed by atoms with van der Waals surface area (Å²) in [6, 6.07) is 0. The van der Waals surface area contributed by atoms with Gasteiger partial charge in [-0.3, -0.25) is 0 Å². The van der Waals surface area contributed by atoms with Crippen LogP contribution < -0.4 is 0 Å². The van der Waals surface area contributed by atoms with Crippen LogP contribution in [0, 0.1) is 5.92 Å². The molecule has 0 aliphatic heterocycles. The first-order chi connectivity index (χ1) is 5.22. The van der Waals surface area contributed by atoms with E-state index in [0.29, 0.717) is 5.92 Å². The smallest absolute Gasteiger partial charge is 0.106 e. The van der Waals surface area contributed by atoms with E-state index in [9.17, 15) is 0 Å². The van der Waals surface area contributed by atoms with Gasteiger partial charge in [0.1, 0.15) is 7.11 Å². The lowest BCUT2D eigenvalue weighted by atomic mass is 9.90. The third-order valence-corrected chi connectivity index (χ3v) is 1.85. The summed E-state index contributed by atoms with van der Waals surface area (Å²) in [5.41, 5.74) is 2.48. The van der Waals surface area contributed by atoms with Crippen LogP contribution in [0.2, 0.25) is 0 Å². The molecule has 2 nitrogen and oxygen atoms in total. The van der Waals surface area contributed by atoms with Crippen LogP contribution in [0.25, 0.3) is 0 Å². The van der Waals surface area contributed by atoms with E-state index in [0.717, 1.165) is 12.1 Å². The van der Waals surface area contributed by atoms with Crippen molar-refractivity contribution < 1.29 is 4.84 Å². The molecule has 0 aromatic carbocycles. The predicted molar refractivity (Wildman–Crippen MR) is 46.6 cm³/mol. The normalized spacial score (nSPS) is 28.5. The van der Waals surface area contributed by atoms with E-state index >= 15 is 0 Å². The zero-order chi connectivity index (χ0) is 8.27. The standard InChI is InChI=1S/C9H15NO/c1-7-4-8(2)6-9(5-7)10-11-3/h5,8H,4,6H2,1-3H3. The average molecular weight is 153 g/mol. The van der Waals surface area contributed by atoms with Crippen LogP contribution in [0.3, 0.4) is 0 Å². The van der Waals surface area contributed by atoms with Crippen LogP contribution in [-0.2, 0) is 4.84 Å². The number of hydrogen-bond acceptors (Lipinski definition) is 2. The Kier molecular flexibility index (Phi) is 2.69. The van der Waals surface area contributed by atoms with E-state index < -0.39 is 0 Å². The third-order valence-electron chi connectivity index (χ3n) is 1.85. The third kappa shape index (κ3) is 2.37. The maximum atomic E-state index is 4.72. The van der Waals surface area contributed by atoms with Gasteiger partial charge in [0, 0.05) is 0 Å². The summed E-state index contributed by atoms with van der Waals surface area (Å²) < 4.78 is 0. The minimum Gasteiger partial charge on any atom is -0.399 e. The first kappa shape index (κ1) is 8.31. The number of nitrogens with zero attached hydrogens (tertiary/aromatic N) is 1. The van der Waals surface area contributed by atoms with E-state index in [1.165, 1.54) is 12.0 Å². The molecule has 0 heterocycles. The van der Waals surface area contributed by atoms with Crippen molar-refractivity contribution >= 4 is 5.71 Å². The Morgan fingerprint density at radius 3 is 2.82 bits per heavy atom. The van der Waals surface area contributed by atoms with Gasteiger partial charge >= 0.3 is 0 Å². The van der Waals surface area contributed by atoms with Crippen LogP contribution in [0.1, 0.15) is 26.7 Å². The molecule has 0 amide bonds. The maximum Gasteiger partial charge on any atom is 0.106 e. The highest BCUT2D eigenvalue weighted by atomic mass is 16.6. The lowest BCUT2D eigenvalue weighted by Gasteiger charge is -2.17. The molecular weight excluding hydrogens is 138 g/mol. The molecule has 62 valence electrons. The van der Waals surface area contributed by atoms with Crippen molar-refractivity contribution in [3.05, 3.63) is 11.6 Å². The SMILES string of the molecule is CON=C1C=C(C)CC(C)C1. The molecule has 1 unspecified atom stereocenters. The van der Waals surface area contributed by atoms with E-state index in [-0.39, 0.29) is 0 Å². The fourth-order valence-corrected chi connectivity index (χ4v) is 1.56. The molecule has 1 aliphatic rings. The maximum absolute atomic E-state index is 4.72. The van der Waals surface area contributed by atoms with Crippen LogP contribution in [0.4, 0.5) is 0 Å². The quantitative estimate of drug-likeness (QED) is 0.530. The Balaban J connectivity index is 2.69. The zero-order valence-corrected chi connectivity index (χ0v) is 7.42. The van der Waals surface area contributed by atoms with Crippen LogP contribution in [0.5, 0.6) is 0 Å². The van der Waals surface area contributed by atoms with Gasteiger partial charge in [0.25, 0.3) is 0 Å². The molecule has 0 N–H and O–H groups in total. The molecule has 0 bridgehead atoms. The van der Waals surface area contributed by atoms with E-state index in [1.54, 1.807) is 7.11 Å². The summed E-state index contributed by atoms with van der Waals surface area (Å²) in [5.74, 6) is 0.717.